The number of aliphatic hydroxyl groups is 1. The minimum absolute atomic E-state index is 0.000256. The SMILES string of the molecule is CCCOc1cc(CC(CC(N)C(O)CC(C(=O)NCC(C)(C)C(N)=O)C(C)C)C(C)C)ccc1OC. The highest BCUT2D eigenvalue weighted by Crippen LogP contribution is 2.31. The summed E-state index contributed by atoms with van der Waals surface area (Å²) in [6, 6.07) is 5.52. The van der Waals surface area contributed by atoms with Gasteiger partial charge in [-0.1, -0.05) is 40.7 Å². The summed E-state index contributed by atoms with van der Waals surface area (Å²) in [7, 11) is 1.63. The molecule has 8 nitrogen and oxygen atoms in total. The average Bonchev–Trinajstić information content (AvgIpc) is 2.83. The van der Waals surface area contributed by atoms with Crippen molar-refractivity contribution >= 4 is 11.8 Å². The first-order chi connectivity index (χ1) is 17.2. The molecular weight excluding hydrogens is 470 g/mol. The summed E-state index contributed by atoms with van der Waals surface area (Å²) in [6.45, 7) is 14.4. The highest BCUT2D eigenvalue weighted by Gasteiger charge is 2.32. The van der Waals surface area contributed by atoms with Crippen LogP contribution in [-0.4, -0.2) is 49.3 Å². The van der Waals surface area contributed by atoms with E-state index in [0.29, 0.717) is 24.7 Å². The van der Waals surface area contributed by atoms with Crippen molar-refractivity contribution in [3.8, 4) is 11.5 Å². The Morgan fingerprint density at radius 3 is 2.24 bits per heavy atom. The number of nitrogens with two attached hydrogens (primary N) is 2. The van der Waals surface area contributed by atoms with Gasteiger partial charge in [-0.2, -0.15) is 0 Å². The van der Waals surface area contributed by atoms with Gasteiger partial charge in [0.25, 0.3) is 0 Å². The fraction of sp³-hybridized carbons (Fsp3) is 0.724. The fourth-order valence-corrected chi connectivity index (χ4v) is 4.22. The van der Waals surface area contributed by atoms with Crippen LogP contribution in [0.15, 0.2) is 18.2 Å². The van der Waals surface area contributed by atoms with E-state index >= 15 is 0 Å². The molecule has 0 bridgehead atoms. The summed E-state index contributed by atoms with van der Waals surface area (Å²) >= 11 is 0. The zero-order chi connectivity index (χ0) is 28.3. The third kappa shape index (κ3) is 10.5. The first kappa shape index (κ1) is 32.7. The lowest BCUT2D eigenvalue weighted by Gasteiger charge is -2.30. The Kier molecular flexibility index (Phi) is 13.4. The van der Waals surface area contributed by atoms with Crippen LogP contribution in [0.25, 0.3) is 0 Å². The quantitative estimate of drug-likeness (QED) is 0.247. The van der Waals surface area contributed by atoms with E-state index in [1.54, 1.807) is 21.0 Å². The molecule has 0 saturated heterocycles. The number of nitrogens with one attached hydrogen (secondary N) is 1. The maximum absolute atomic E-state index is 12.9. The Morgan fingerprint density at radius 1 is 1.08 bits per heavy atom. The van der Waals surface area contributed by atoms with Crippen molar-refractivity contribution in [3.05, 3.63) is 23.8 Å². The number of ether oxygens (including phenoxy) is 2. The van der Waals surface area contributed by atoms with Gasteiger partial charge in [0.15, 0.2) is 11.5 Å². The standard InChI is InChI=1S/C29H51N3O5/c1-9-12-37-26-14-20(10-11-25(26)36-8)13-21(18(2)3)15-23(30)24(33)16-22(19(4)5)27(34)32-17-29(6,7)28(31)35/h10-11,14,18-19,21-24,33H,9,12-13,15-17,30H2,1-8H3,(H2,31,35)(H,32,34). The number of carbonyl (C=O) groups is 2. The predicted octanol–water partition coefficient (Wildman–Crippen LogP) is 3.67. The molecule has 0 fully saturated rings. The molecule has 0 saturated carbocycles. The molecule has 6 N–H and O–H groups in total. The molecule has 212 valence electrons. The van der Waals surface area contributed by atoms with E-state index in [0.717, 1.165) is 24.2 Å². The second-order valence-electron chi connectivity index (χ2n) is 11.6. The van der Waals surface area contributed by atoms with Crippen LogP contribution in [0.2, 0.25) is 0 Å². The topological polar surface area (TPSA) is 137 Å². The molecule has 1 rings (SSSR count). The Hall–Kier alpha value is -2.32. The van der Waals surface area contributed by atoms with Crippen molar-refractivity contribution in [1.82, 2.24) is 5.32 Å². The Bertz CT molecular complexity index is 856. The lowest BCUT2D eigenvalue weighted by molar-refractivity contribution is -0.130. The lowest BCUT2D eigenvalue weighted by atomic mass is 9.80. The molecule has 37 heavy (non-hydrogen) atoms. The van der Waals surface area contributed by atoms with Crippen molar-refractivity contribution in [3.63, 3.8) is 0 Å². The van der Waals surface area contributed by atoms with E-state index in [1.165, 1.54) is 0 Å². The van der Waals surface area contributed by atoms with Crippen LogP contribution in [0.5, 0.6) is 11.5 Å². The van der Waals surface area contributed by atoms with Gasteiger partial charge in [-0.3, -0.25) is 9.59 Å². The molecule has 0 heterocycles. The molecule has 4 atom stereocenters. The van der Waals surface area contributed by atoms with E-state index in [-0.39, 0.29) is 30.7 Å². The van der Waals surface area contributed by atoms with E-state index < -0.39 is 29.4 Å². The molecule has 4 unspecified atom stereocenters. The van der Waals surface area contributed by atoms with Gasteiger partial charge >= 0.3 is 0 Å². The number of benzene rings is 1. The Balaban J connectivity index is 2.87. The zero-order valence-electron chi connectivity index (χ0n) is 24.2. The van der Waals surface area contributed by atoms with E-state index in [4.69, 9.17) is 20.9 Å². The van der Waals surface area contributed by atoms with E-state index in [1.807, 2.05) is 32.0 Å². The largest absolute Gasteiger partial charge is 0.493 e. The van der Waals surface area contributed by atoms with Crippen LogP contribution in [0.3, 0.4) is 0 Å². The minimum atomic E-state index is -0.848. The summed E-state index contributed by atoms with van der Waals surface area (Å²) in [5, 5.41) is 13.8. The maximum Gasteiger partial charge on any atom is 0.224 e. The summed E-state index contributed by atoms with van der Waals surface area (Å²) < 4.78 is 11.3. The predicted molar refractivity (Wildman–Crippen MR) is 148 cm³/mol. The molecule has 1 aromatic rings. The van der Waals surface area contributed by atoms with Gasteiger partial charge in [-0.25, -0.2) is 0 Å². The van der Waals surface area contributed by atoms with Crippen LogP contribution in [-0.2, 0) is 16.0 Å². The highest BCUT2D eigenvalue weighted by molar-refractivity contribution is 5.83. The van der Waals surface area contributed by atoms with Gasteiger partial charge < -0.3 is 31.4 Å². The fourth-order valence-electron chi connectivity index (χ4n) is 4.22. The maximum atomic E-state index is 12.9. The monoisotopic (exact) mass is 521 g/mol. The highest BCUT2D eigenvalue weighted by atomic mass is 16.5. The molecule has 0 spiro atoms. The first-order valence-electron chi connectivity index (χ1n) is 13.5. The van der Waals surface area contributed by atoms with Gasteiger partial charge in [0.05, 0.1) is 25.2 Å². The summed E-state index contributed by atoms with van der Waals surface area (Å²) in [4.78, 5) is 24.5. The Morgan fingerprint density at radius 2 is 1.73 bits per heavy atom. The molecule has 0 aliphatic carbocycles. The van der Waals surface area contributed by atoms with Crippen molar-refractivity contribution in [2.75, 3.05) is 20.3 Å². The van der Waals surface area contributed by atoms with Crippen molar-refractivity contribution in [2.24, 2.45) is 40.6 Å². The van der Waals surface area contributed by atoms with Crippen LogP contribution in [0, 0.1) is 29.1 Å². The van der Waals surface area contributed by atoms with Crippen molar-refractivity contribution < 1.29 is 24.2 Å². The molecule has 8 heteroatoms. The summed E-state index contributed by atoms with van der Waals surface area (Å²) in [6.07, 6.45) is 1.75. The molecule has 0 radical (unpaired) electrons. The van der Waals surface area contributed by atoms with Gasteiger partial charge in [-0.05, 0) is 75.0 Å². The second-order valence-corrected chi connectivity index (χ2v) is 11.6. The number of amides is 2. The molecule has 1 aromatic carbocycles. The summed E-state index contributed by atoms with van der Waals surface area (Å²) in [5.74, 6) is 0.926. The number of methoxy groups -OCH3 is 1. The third-order valence-corrected chi connectivity index (χ3v) is 7.21. The number of primary amides is 1. The first-order valence-corrected chi connectivity index (χ1v) is 13.5. The third-order valence-electron chi connectivity index (χ3n) is 7.21. The van der Waals surface area contributed by atoms with Crippen LogP contribution < -0.4 is 26.3 Å². The smallest absolute Gasteiger partial charge is 0.224 e. The van der Waals surface area contributed by atoms with Crippen LogP contribution in [0.1, 0.15) is 73.3 Å². The normalized spacial score (nSPS) is 15.2. The molecule has 0 aliphatic rings. The zero-order valence-corrected chi connectivity index (χ0v) is 24.2. The average molecular weight is 522 g/mol. The van der Waals surface area contributed by atoms with Crippen LogP contribution >= 0.6 is 0 Å². The summed E-state index contributed by atoms with van der Waals surface area (Å²) in [5.41, 5.74) is 12.2. The number of hydrogen-bond donors (Lipinski definition) is 4. The Labute approximate surface area is 223 Å². The van der Waals surface area contributed by atoms with Gasteiger partial charge in [-0.15, -0.1) is 0 Å². The lowest BCUT2D eigenvalue weighted by Crippen LogP contribution is -2.46. The van der Waals surface area contributed by atoms with Crippen molar-refractivity contribution in [1.29, 1.82) is 0 Å². The van der Waals surface area contributed by atoms with Crippen LogP contribution in [0.4, 0.5) is 0 Å². The van der Waals surface area contributed by atoms with Gasteiger partial charge in [0, 0.05) is 18.5 Å². The van der Waals surface area contributed by atoms with Gasteiger partial charge in [0.1, 0.15) is 0 Å². The number of hydrogen-bond acceptors (Lipinski definition) is 6. The molecule has 2 amide bonds. The number of aliphatic hydroxyl groups excluding tert-OH is 1. The number of rotatable bonds is 17. The minimum Gasteiger partial charge on any atom is -0.493 e. The van der Waals surface area contributed by atoms with Gasteiger partial charge in [0.2, 0.25) is 11.8 Å². The van der Waals surface area contributed by atoms with E-state index in [2.05, 4.69) is 26.1 Å². The molecule has 0 aromatic heterocycles. The second kappa shape index (κ2) is 15.2. The molecule has 0 aliphatic heterocycles. The number of carbonyl (C=O) groups excluding carboxylic acids is 2. The van der Waals surface area contributed by atoms with E-state index in [9.17, 15) is 14.7 Å². The molecular formula is C29H51N3O5. The van der Waals surface area contributed by atoms with Crippen molar-refractivity contribution in [2.45, 2.75) is 86.3 Å².